The summed E-state index contributed by atoms with van der Waals surface area (Å²) in [6.45, 7) is 2.96. The van der Waals surface area contributed by atoms with Crippen LogP contribution in [-0.4, -0.2) is 39.6 Å². The van der Waals surface area contributed by atoms with Gasteiger partial charge in [0, 0.05) is 13.1 Å². The Hall–Kier alpha value is -1.69. The maximum atomic E-state index is 5.72. The average molecular weight is 230 g/mol. The zero-order valence-corrected chi connectivity index (χ0v) is 9.37. The summed E-state index contributed by atoms with van der Waals surface area (Å²) in [5.41, 5.74) is 7.41. The Morgan fingerprint density at radius 2 is 2.12 bits per heavy atom. The highest BCUT2D eigenvalue weighted by Crippen LogP contribution is 2.51. The Morgan fingerprint density at radius 3 is 2.88 bits per heavy atom. The SMILES string of the molecule is NCC1[C@H]2CN(c3ncnc4nc[nH]c34)C[C@@H]12. The maximum absolute atomic E-state index is 5.72. The summed E-state index contributed by atoms with van der Waals surface area (Å²) in [5.74, 6) is 3.27. The minimum absolute atomic E-state index is 0.741. The molecule has 2 fully saturated rings. The largest absolute Gasteiger partial charge is 0.354 e. The van der Waals surface area contributed by atoms with Crippen LogP contribution in [0.5, 0.6) is 0 Å². The zero-order chi connectivity index (χ0) is 11.4. The van der Waals surface area contributed by atoms with Gasteiger partial charge in [0.2, 0.25) is 0 Å². The number of nitrogens with one attached hydrogen (secondary N) is 1. The van der Waals surface area contributed by atoms with Gasteiger partial charge in [-0.1, -0.05) is 0 Å². The Bertz CT molecular complexity index is 552. The smallest absolute Gasteiger partial charge is 0.182 e. The zero-order valence-electron chi connectivity index (χ0n) is 9.37. The van der Waals surface area contributed by atoms with Gasteiger partial charge in [-0.15, -0.1) is 0 Å². The van der Waals surface area contributed by atoms with E-state index in [0.717, 1.165) is 54.4 Å². The molecule has 4 rings (SSSR count). The van der Waals surface area contributed by atoms with E-state index in [9.17, 15) is 0 Å². The molecule has 3 heterocycles. The summed E-state index contributed by atoms with van der Waals surface area (Å²) in [6, 6.07) is 0. The standard InChI is InChI=1S/C11H14N6/c12-1-6-7-2-17(3-8(6)7)11-9-10(14-4-13-9)15-5-16-11/h4-8H,1-3,12H2,(H,13,14,15,16)/t6?,7-,8+. The Balaban J connectivity index is 1.66. The predicted molar refractivity (Wildman–Crippen MR) is 63.4 cm³/mol. The number of nitrogens with two attached hydrogens (primary N) is 1. The van der Waals surface area contributed by atoms with Crippen molar-refractivity contribution in [2.75, 3.05) is 24.5 Å². The van der Waals surface area contributed by atoms with E-state index < -0.39 is 0 Å². The number of nitrogens with zero attached hydrogens (tertiary/aromatic N) is 4. The molecule has 2 aliphatic rings. The van der Waals surface area contributed by atoms with Crippen LogP contribution in [0.2, 0.25) is 0 Å². The first-order chi connectivity index (χ1) is 8.38. The first-order valence-corrected chi connectivity index (χ1v) is 5.97. The molecule has 2 aromatic rings. The molecule has 0 aromatic carbocycles. The number of hydrogen-bond acceptors (Lipinski definition) is 5. The van der Waals surface area contributed by atoms with E-state index in [1.165, 1.54) is 0 Å². The minimum atomic E-state index is 0.741. The van der Waals surface area contributed by atoms with Crippen molar-refractivity contribution in [1.82, 2.24) is 19.9 Å². The fourth-order valence-corrected chi connectivity index (χ4v) is 3.16. The quantitative estimate of drug-likeness (QED) is 0.758. The molecular formula is C11H14N6. The van der Waals surface area contributed by atoms with Crippen LogP contribution in [0.3, 0.4) is 0 Å². The molecule has 6 nitrogen and oxygen atoms in total. The highest BCUT2D eigenvalue weighted by atomic mass is 15.3. The van der Waals surface area contributed by atoms with E-state index in [0.29, 0.717) is 0 Å². The van der Waals surface area contributed by atoms with Crippen LogP contribution in [0, 0.1) is 17.8 Å². The molecule has 0 radical (unpaired) electrons. The summed E-state index contributed by atoms with van der Waals surface area (Å²) in [4.78, 5) is 18.1. The van der Waals surface area contributed by atoms with Gasteiger partial charge in [-0.2, -0.15) is 0 Å². The third-order valence-corrected chi connectivity index (χ3v) is 4.15. The van der Waals surface area contributed by atoms with E-state index in [1.54, 1.807) is 12.7 Å². The second-order valence-electron chi connectivity index (χ2n) is 4.93. The van der Waals surface area contributed by atoms with E-state index in [4.69, 9.17) is 5.73 Å². The molecule has 1 aliphatic heterocycles. The van der Waals surface area contributed by atoms with Gasteiger partial charge >= 0.3 is 0 Å². The Morgan fingerprint density at radius 1 is 1.29 bits per heavy atom. The lowest BCUT2D eigenvalue weighted by Gasteiger charge is -2.20. The molecule has 3 atom stereocenters. The van der Waals surface area contributed by atoms with Crippen molar-refractivity contribution in [3.05, 3.63) is 12.7 Å². The monoisotopic (exact) mass is 230 g/mol. The first-order valence-electron chi connectivity index (χ1n) is 5.97. The van der Waals surface area contributed by atoms with Crippen molar-refractivity contribution in [3.63, 3.8) is 0 Å². The number of anilines is 1. The summed E-state index contributed by atoms with van der Waals surface area (Å²) in [6.07, 6.45) is 3.26. The highest BCUT2D eigenvalue weighted by molar-refractivity contribution is 5.82. The highest BCUT2D eigenvalue weighted by Gasteiger charge is 2.55. The Kier molecular flexibility index (Phi) is 1.74. The first kappa shape index (κ1) is 9.35. The molecule has 1 unspecified atom stereocenters. The topological polar surface area (TPSA) is 83.7 Å². The van der Waals surface area contributed by atoms with E-state index in [2.05, 4.69) is 24.8 Å². The number of rotatable bonds is 2. The molecular weight excluding hydrogens is 216 g/mol. The van der Waals surface area contributed by atoms with Crippen LogP contribution in [0.1, 0.15) is 0 Å². The van der Waals surface area contributed by atoms with Crippen LogP contribution in [-0.2, 0) is 0 Å². The van der Waals surface area contributed by atoms with E-state index in [1.807, 2.05) is 0 Å². The third-order valence-electron chi connectivity index (χ3n) is 4.15. The summed E-state index contributed by atoms with van der Waals surface area (Å²) in [5, 5.41) is 0. The fraction of sp³-hybridized carbons (Fsp3) is 0.545. The lowest BCUT2D eigenvalue weighted by molar-refractivity contribution is 0.644. The van der Waals surface area contributed by atoms with Gasteiger partial charge in [0.15, 0.2) is 11.5 Å². The van der Waals surface area contributed by atoms with E-state index in [-0.39, 0.29) is 0 Å². The normalized spacial score (nSPS) is 30.9. The van der Waals surface area contributed by atoms with Crippen molar-refractivity contribution in [1.29, 1.82) is 0 Å². The van der Waals surface area contributed by atoms with E-state index >= 15 is 0 Å². The predicted octanol–water partition coefficient (Wildman–Crippen LogP) is -0.00620. The molecule has 0 bridgehead atoms. The lowest BCUT2D eigenvalue weighted by Crippen LogP contribution is -2.26. The maximum Gasteiger partial charge on any atom is 0.182 e. The van der Waals surface area contributed by atoms with Gasteiger partial charge in [0.05, 0.1) is 6.33 Å². The average Bonchev–Trinajstić information content (AvgIpc) is 2.77. The molecule has 17 heavy (non-hydrogen) atoms. The van der Waals surface area contributed by atoms with Crippen LogP contribution in [0.25, 0.3) is 11.2 Å². The fourth-order valence-electron chi connectivity index (χ4n) is 3.16. The summed E-state index contributed by atoms with van der Waals surface area (Å²) in [7, 11) is 0. The van der Waals surface area contributed by atoms with Crippen molar-refractivity contribution in [2.45, 2.75) is 0 Å². The number of H-pyrrole nitrogens is 1. The van der Waals surface area contributed by atoms with Gasteiger partial charge in [0.1, 0.15) is 11.8 Å². The molecule has 0 amide bonds. The lowest BCUT2D eigenvalue weighted by atomic mass is 10.2. The van der Waals surface area contributed by atoms with Crippen molar-refractivity contribution in [2.24, 2.45) is 23.5 Å². The molecule has 1 saturated carbocycles. The molecule has 1 saturated heterocycles. The van der Waals surface area contributed by atoms with Crippen molar-refractivity contribution >= 4 is 17.0 Å². The minimum Gasteiger partial charge on any atom is -0.354 e. The molecule has 0 spiro atoms. The summed E-state index contributed by atoms with van der Waals surface area (Å²) < 4.78 is 0. The number of imidazole rings is 1. The third kappa shape index (κ3) is 1.21. The van der Waals surface area contributed by atoms with Crippen LogP contribution >= 0.6 is 0 Å². The van der Waals surface area contributed by atoms with Gasteiger partial charge in [0.25, 0.3) is 0 Å². The van der Waals surface area contributed by atoms with Crippen LogP contribution in [0.4, 0.5) is 5.82 Å². The number of aromatic nitrogens is 4. The van der Waals surface area contributed by atoms with Gasteiger partial charge in [-0.3, -0.25) is 0 Å². The molecule has 1 aliphatic carbocycles. The second-order valence-corrected chi connectivity index (χ2v) is 4.93. The van der Waals surface area contributed by atoms with Gasteiger partial charge < -0.3 is 15.6 Å². The van der Waals surface area contributed by atoms with Crippen LogP contribution < -0.4 is 10.6 Å². The second kappa shape index (κ2) is 3.16. The number of piperidine rings is 1. The molecule has 88 valence electrons. The molecule has 2 aromatic heterocycles. The van der Waals surface area contributed by atoms with Crippen molar-refractivity contribution in [3.8, 4) is 0 Å². The number of fused-ring (bicyclic) bond motifs is 2. The Labute approximate surface area is 98.3 Å². The van der Waals surface area contributed by atoms with Gasteiger partial charge in [-0.05, 0) is 24.3 Å². The number of aromatic amines is 1. The molecule has 6 heteroatoms. The van der Waals surface area contributed by atoms with Crippen molar-refractivity contribution < 1.29 is 0 Å². The van der Waals surface area contributed by atoms with Crippen LogP contribution in [0.15, 0.2) is 12.7 Å². The van der Waals surface area contributed by atoms with Gasteiger partial charge in [-0.25, -0.2) is 15.0 Å². The summed E-state index contributed by atoms with van der Waals surface area (Å²) >= 11 is 0. The number of hydrogen-bond donors (Lipinski definition) is 2. The molecule has 3 N–H and O–H groups in total.